The van der Waals surface area contributed by atoms with Crippen molar-refractivity contribution >= 4 is 28.3 Å². The Morgan fingerprint density at radius 2 is 1.94 bits per heavy atom. The third kappa shape index (κ3) is 3.32. The van der Waals surface area contributed by atoms with Crippen molar-refractivity contribution in [3.05, 3.63) is 76.4 Å². The molecule has 0 amide bonds. The van der Waals surface area contributed by atoms with Gasteiger partial charge >= 0.3 is 0 Å². The molecule has 162 valence electrons. The lowest BCUT2D eigenvalue weighted by atomic mass is 9.94. The number of hydrogen-bond donors (Lipinski definition) is 3. The first-order chi connectivity index (χ1) is 15.5. The van der Waals surface area contributed by atoms with Crippen molar-refractivity contribution < 1.29 is 19.7 Å². The molecule has 0 aliphatic heterocycles. The summed E-state index contributed by atoms with van der Waals surface area (Å²) in [6.07, 6.45) is 1.98. The number of aliphatic hydroxyl groups is 1. The van der Waals surface area contributed by atoms with Gasteiger partial charge in [-0.15, -0.1) is 0 Å². The minimum Gasteiger partial charge on any atom is -0.494 e. The summed E-state index contributed by atoms with van der Waals surface area (Å²) in [6, 6.07) is 16.4. The number of methoxy groups -OCH3 is 1. The Labute approximate surface area is 189 Å². The van der Waals surface area contributed by atoms with Gasteiger partial charge in [-0.05, 0) is 42.2 Å². The maximum Gasteiger partial charge on any atom is 0.217 e. The zero-order chi connectivity index (χ0) is 22.5. The van der Waals surface area contributed by atoms with Crippen molar-refractivity contribution in [2.45, 2.75) is 18.3 Å². The topological polar surface area (TPSA) is 95.4 Å². The maximum atomic E-state index is 13.2. The standard InChI is InChI=1S/C25H21ClN2O4/c1-32-21-4-2-3-19(27-21)23(30)22-17-11-16(18(26)12-20(17)28-24(22)31)14-5-7-15(8-6-14)25(13-29)9-10-25/h2-8,11-12,28-29,31H,9-10,13H2,1H3. The Balaban J connectivity index is 1.59. The average Bonchev–Trinajstić information content (AvgIpc) is 3.55. The fourth-order valence-corrected chi connectivity index (χ4v) is 4.40. The Morgan fingerprint density at radius 3 is 2.59 bits per heavy atom. The summed E-state index contributed by atoms with van der Waals surface area (Å²) in [6.45, 7) is 0.144. The fourth-order valence-electron chi connectivity index (χ4n) is 4.13. The summed E-state index contributed by atoms with van der Waals surface area (Å²) < 4.78 is 5.11. The molecule has 6 nitrogen and oxygen atoms in total. The Bertz CT molecular complexity index is 1340. The van der Waals surface area contributed by atoms with Gasteiger partial charge in [0.2, 0.25) is 17.5 Å². The van der Waals surface area contributed by atoms with Gasteiger partial charge in [0.1, 0.15) is 5.69 Å². The third-order valence-electron chi connectivity index (χ3n) is 6.22. The molecule has 0 unspecified atom stereocenters. The van der Waals surface area contributed by atoms with Gasteiger partial charge in [0.05, 0.1) is 29.8 Å². The van der Waals surface area contributed by atoms with E-state index in [1.165, 1.54) is 7.11 Å². The molecule has 2 aromatic heterocycles. The number of ketones is 1. The van der Waals surface area contributed by atoms with Gasteiger partial charge in [-0.3, -0.25) is 4.79 Å². The molecule has 0 spiro atoms. The lowest BCUT2D eigenvalue weighted by Gasteiger charge is -2.13. The van der Waals surface area contributed by atoms with E-state index in [1.54, 1.807) is 30.3 Å². The van der Waals surface area contributed by atoms with E-state index >= 15 is 0 Å². The van der Waals surface area contributed by atoms with Crippen molar-refractivity contribution in [2.75, 3.05) is 13.7 Å². The van der Waals surface area contributed by atoms with E-state index in [0.717, 1.165) is 29.5 Å². The van der Waals surface area contributed by atoms with E-state index in [9.17, 15) is 15.0 Å². The molecule has 1 aliphatic rings. The number of H-pyrrole nitrogens is 1. The highest BCUT2D eigenvalue weighted by atomic mass is 35.5. The zero-order valence-corrected chi connectivity index (χ0v) is 18.1. The van der Waals surface area contributed by atoms with Crippen LogP contribution in [0.1, 0.15) is 34.5 Å². The monoisotopic (exact) mass is 448 g/mol. The van der Waals surface area contributed by atoms with Gasteiger partial charge in [0.25, 0.3) is 0 Å². The normalized spacial score (nSPS) is 14.5. The number of aromatic hydroxyl groups is 1. The number of benzene rings is 2. The minimum atomic E-state index is -0.421. The number of aromatic nitrogens is 2. The zero-order valence-electron chi connectivity index (χ0n) is 17.4. The number of aromatic amines is 1. The molecule has 5 rings (SSSR count). The van der Waals surface area contributed by atoms with Gasteiger partial charge in [-0.1, -0.05) is 41.9 Å². The van der Waals surface area contributed by atoms with Gasteiger partial charge in [-0.2, -0.15) is 0 Å². The van der Waals surface area contributed by atoms with Crippen LogP contribution in [-0.2, 0) is 5.41 Å². The predicted octanol–water partition coefficient (Wildman–Crippen LogP) is 4.85. The minimum absolute atomic E-state index is 0.109. The highest BCUT2D eigenvalue weighted by Gasteiger charge is 2.43. The average molecular weight is 449 g/mol. The third-order valence-corrected chi connectivity index (χ3v) is 6.54. The van der Waals surface area contributed by atoms with Crippen LogP contribution in [0.5, 0.6) is 11.8 Å². The number of fused-ring (bicyclic) bond motifs is 1. The SMILES string of the molecule is COc1cccc(C(=O)c2c(O)[nH]c3cc(Cl)c(-c4ccc(C5(CO)CC5)cc4)cc23)n1. The summed E-state index contributed by atoms with van der Waals surface area (Å²) in [5.74, 6) is -0.345. The Kier molecular flexibility index (Phi) is 4.92. The number of aliphatic hydroxyl groups excluding tert-OH is 1. The number of nitrogens with zero attached hydrogens (tertiary/aromatic N) is 1. The second-order valence-electron chi connectivity index (χ2n) is 8.14. The first-order valence-electron chi connectivity index (χ1n) is 10.3. The highest BCUT2D eigenvalue weighted by Crippen LogP contribution is 2.48. The lowest BCUT2D eigenvalue weighted by molar-refractivity contribution is 0.103. The molecule has 1 saturated carbocycles. The van der Waals surface area contributed by atoms with Gasteiger partial charge < -0.3 is 19.9 Å². The van der Waals surface area contributed by atoms with Crippen LogP contribution in [0.4, 0.5) is 0 Å². The molecule has 4 aromatic rings. The van der Waals surface area contributed by atoms with Gasteiger partial charge in [-0.25, -0.2) is 4.98 Å². The molecule has 2 heterocycles. The highest BCUT2D eigenvalue weighted by molar-refractivity contribution is 6.34. The van der Waals surface area contributed by atoms with Crippen LogP contribution in [-0.4, -0.2) is 39.7 Å². The van der Waals surface area contributed by atoms with Crippen LogP contribution in [0.15, 0.2) is 54.6 Å². The maximum absolute atomic E-state index is 13.2. The van der Waals surface area contributed by atoms with Crippen molar-refractivity contribution in [2.24, 2.45) is 0 Å². The number of nitrogens with one attached hydrogen (secondary N) is 1. The molecule has 0 atom stereocenters. The van der Waals surface area contributed by atoms with Crippen LogP contribution in [0.3, 0.4) is 0 Å². The van der Waals surface area contributed by atoms with Crippen molar-refractivity contribution in [1.29, 1.82) is 0 Å². The summed E-state index contributed by atoms with van der Waals surface area (Å²) in [4.78, 5) is 20.2. The molecule has 3 N–H and O–H groups in total. The number of pyridine rings is 1. The summed E-state index contributed by atoms with van der Waals surface area (Å²) in [5, 5.41) is 21.2. The van der Waals surface area contributed by atoms with Crippen LogP contribution in [0, 0.1) is 0 Å². The van der Waals surface area contributed by atoms with Crippen LogP contribution in [0.2, 0.25) is 5.02 Å². The van der Waals surface area contributed by atoms with Crippen LogP contribution in [0.25, 0.3) is 22.0 Å². The molecule has 32 heavy (non-hydrogen) atoms. The molecule has 0 bridgehead atoms. The quantitative estimate of drug-likeness (QED) is 0.366. The number of hydrogen-bond acceptors (Lipinski definition) is 5. The molecule has 0 saturated heterocycles. The lowest BCUT2D eigenvalue weighted by Crippen LogP contribution is -2.11. The Hall–Kier alpha value is -3.35. The van der Waals surface area contributed by atoms with Crippen molar-refractivity contribution in [1.82, 2.24) is 9.97 Å². The summed E-state index contributed by atoms with van der Waals surface area (Å²) in [7, 11) is 1.48. The first-order valence-corrected chi connectivity index (χ1v) is 10.7. The van der Waals surface area contributed by atoms with E-state index < -0.39 is 5.78 Å². The second-order valence-corrected chi connectivity index (χ2v) is 8.54. The van der Waals surface area contributed by atoms with E-state index in [4.69, 9.17) is 16.3 Å². The summed E-state index contributed by atoms with van der Waals surface area (Å²) >= 11 is 6.55. The number of rotatable bonds is 6. The molecule has 2 aromatic carbocycles. The molecule has 7 heteroatoms. The van der Waals surface area contributed by atoms with E-state index in [2.05, 4.69) is 9.97 Å². The molecular formula is C25H21ClN2O4. The second kappa shape index (κ2) is 7.65. The van der Waals surface area contributed by atoms with E-state index in [0.29, 0.717) is 21.8 Å². The molecule has 1 fully saturated rings. The molecule has 1 aliphatic carbocycles. The van der Waals surface area contributed by atoms with Crippen LogP contribution >= 0.6 is 11.6 Å². The number of carbonyl (C=O) groups excluding carboxylic acids is 1. The number of ether oxygens (including phenoxy) is 1. The van der Waals surface area contributed by atoms with Gasteiger partial charge in [0, 0.05) is 22.4 Å². The van der Waals surface area contributed by atoms with E-state index in [1.807, 2.05) is 24.3 Å². The molecular weight excluding hydrogens is 428 g/mol. The van der Waals surface area contributed by atoms with Gasteiger partial charge in [0.15, 0.2) is 0 Å². The summed E-state index contributed by atoms with van der Waals surface area (Å²) in [5.41, 5.74) is 3.48. The number of carbonyl (C=O) groups is 1. The predicted molar refractivity (Wildman–Crippen MR) is 123 cm³/mol. The van der Waals surface area contributed by atoms with Crippen molar-refractivity contribution in [3.8, 4) is 22.9 Å². The fraction of sp³-hybridized carbons (Fsp3) is 0.200. The largest absolute Gasteiger partial charge is 0.494 e. The Morgan fingerprint density at radius 1 is 1.19 bits per heavy atom. The molecule has 0 radical (unpaired) electrons. The smallest absolute Gasteiger partial charge is 0.217 e. The number of halogens is 1. The van der Waals surface area contributed by atoms with E-state index in [-0.39, 0.29) is 29.2 Å². The first kappa shape index (κ1) is 20.5. The van der Waals surface area contributed by atoms with Crippen molar-refractivity contribution in [3.63, 3.8) is 0 Å². The van der Waals surface area contributed by atoms with Crippen LogP contribution < -0.4 is 4.74 Å².